The summed E-state index contributed by atoms with van der Waals surface area (Å²) in [5.74, 6) is 1.28. The van der Waals surface area contributed by atoms with Crippen LogP contribution in [-0.4, -0.2) is 63.8 Å². The average Bonchev–Trinajstić information content (AvgIpc) is 2.80. The molecule has 0 spiro atoms. The molecule has 2 heterocycles. The predicted molar refractivity (Wildman–Crippen MR) is 136 cm³/mol. The number of nitrogens with zero attached hydrogens (tertiary/aromatic N) is 4. The molecule has 35 heavy (non-hydrogen) atoms. The number of ether oxygens (including phenoxy) is 2. The fraction of sp³-hybridized carbons (Fsp3) is 0.444. The van der Waals surface area contributed by atoms with E-state index >= 15 is 0 Å². The fourth-order valence-corrected chi connectivity index (χ4v) is 4.23. The molecule has 0 radical (unpaired) electrons. The van der Waals surface area contributed by atoms with Crippen molar-refractivity contribution < 1.29 is 14.3 Å². The highest BCUT2D eigenvalue weighted by Gasteiger charge is 2.27. The first-order valence-electron chi connectivity index (χ1n) is 12.1. The Morgan fingerprint density at radius 2 is 1.77 bits per heavy atom. The second-order valence-electron chi connectivity index (χ2n) is 9.83. The lowest BCUT2D eigenvalue weighted by atomic mass is 10.1. The highest BCUT2D eigenvalue weighted by atomic mass is 16.6. The molecule has 0 aliphatic carbocycles. The second kappa shape index (κ2) is 10.1. The fourth-order valence-electron chi connectivity index (χ4n) is 4.23. The molecular weight excluding hydrogens is 444 g/mol. The molecule has 1 aromatic heterocycles. The van der Waals surface area contributed by atoms with Crippen molar-refractivity contribution in [1.82, 2.24) is 19.4 Å². The summed E-state index contributed by atoms with van der Waals surface area (Å²) in [7, 11) is 0. The minimum atomic E-state index is -0.522. The number of amides is 1. The maximum atomic E-state index is 13.8. The number of rotatable bonds is 5. The number of carbonyl (C=O) groups excluding carboxylic acids is 1. The minimum absolute atomic E-state index is 0.117. The van der Waals surface area contributed by atoms with E-state index in [1.54, 1.807) is 9.47 Å². The van der Waals surface area contributed by atoms with Gasteiger partial charge in [-0.15, -0.1) is 0 Å². The number of benzene rings is 2. The first-order chi connectivity index (χ1) is 16.7. The van der Waals surface area contributed by atoms with Gasteiger partial charge in [-0.05, 0) is 58.9 Å². The molecule has 8 heteroatoms. The lowest BCUT2D eigenvalue weighted by molar-refractivity contribution is 0.0136. The SMILES string of the molecule is CCOc1ccccc1-n1c(CN2CCN(C(=O)OC(C)(C)C)CC2)nc2ccc(C)cc2c1=O. The summed E-state index contributed by atoms with van der Waals surface area (Å²) in [6, 6.07) is 13.3. The number of aryl methyl sites for hydroxylation is 1. The quantitative estimate of drug-likeness (QED) is 0.548. The van der Waals surface area contributed by atoms with E-state index in [-0.39, 0.29) is 11.7 Å². The summed E-state index contributed by atoms with van der Waals surface area (Å²) in [6.45, 7) is 12.9. The molecule has 1 amide bonds. The summed E-state index contributed by atoms with van der Waals surface area (Å²) in [5.41, 5.74) is 1.72. The monoisotopic (exact) mass is 478 g/mol. The summed E-state index contributed by atoms with van der Waals surface area (Å²) in [4.78, 5) is 35.1. The van der Waals surface area contributed by atoms with E-state index in [0.717, 1.165) is 5.56 Å². The zero-order chi connectivity index (χ0) is 25.2. The summed E-state index contributed by atoms with van der Waals surface area (Å²) < 4.78 is 13.0. The summed E-state index contributed by atoms with van der Waals surface area (Å²) in [6.07, 6.45) is -0.293. The first kappa shape index (κ1) is 24.7. The molecule has 4 rings (SSSR count). The minimum Gasteiger partial charge on any atom is -0.492 e. The van der Waals surface area contributed by atoms with Gasteiger partial charge in [-0.25, -0.2) is 9.78 Å². The molecule has 0 unspecified atom stereocenters. The molecule has 0 atom stereocenters. The van der Waals surface area contributed by atoms with E-state index in [0.29, 0.717) is 67.5 Å². The van der Waals surface area contributed by atoms with Crippen molar-refractivity contribution in [1.29, 1.82) is 0 Å². The van der Waals surface area contributed by atoms with Crippen molar-refractivity contribution in [2.45, 2.75) is 46.8 Å². The summed E-state index contributed by atoms with van der Waals surface area (Å²) >= 11 is 0. The number of piperazine rings is 1. The van der Waals surface area contributed by atoms with Crippen LogP contribution in [0.5, 0.6) is 5.75 Å². The lowest BCUT2D eigenvalue weighted by Crippen LogP contribution is -2.50. The van der Waals surface area contributed by atoms with Gasteiger partial charge in [0, 0.05) is 26.2 Å². The van der Waals surface area contributed by atoms with Gasteiger partial charge in [0.2, 0.25) is 0 Å². The number of hydrogen-bond acceptors (Lipinski definition) is 6. The Hall–Kier alpha value is -3.39. The number of aromatic nitrogens is 2. The van der Waals surface area contributed by atoms with Gasteiger partial charge >= 0.3 is 6.09 Å². The van der Waals surface area contributed by atoms with Crippen LogP contribution >= 0.6 is 0 Å². The third-order valence-corrected chi connectivity index (χ3v) is 5.89. The van der Waals surface area contributed by atoms with E-state index in [1.807, 2.05) is 77.1 Å². The molecule has 1 aliphatic heterocycles. The van der Waals surface area contributed by atoms with Crippen LogP contribution in [-0.2, 0) is 11.3 Å². The molecule has 1 aliphatic rings. The molecule has 8 nitrogen and oxygen atoms in total. The van der Waals surface area contributed by atoms with E-state index in [2.05, 4.69) is 4.90 Å². The van der Waals surface area contributed by atoms with Crippen molar-refractivity contribution in [3.8, 4) is 11.4 Å². The van der Waals surface area contributed by atoms with Crippen LogP contribution < -0.4 is 10.3 Å². The van der Waals surface area contributed by atoms with E-state index in [9.17, 15) is 9.59 Å². The van der Waals surface area contributed by atoms with Gasteiger partial charge in [-0.1, -0.05) is 23.8 Å². The molecule has 3 aromatic rings. The van der Waals surface area contributed by atoms with Crippen molar-refractivity contribution in [3.05, 3.63) is 64.2 Å². The van der Waals surface area contributed by atoms with Crippen LogP contribution in [0.25, 0.3) is 16.6 Å². The topological polar surface area (TPSA) is 76.9 Å². The van der Waals surface area contributed by atoms with Gasteiger partial charge in [0.1, 0.15) is 17.2 Å². The number of carbonyl (C=O) groups is 1. The third kappa shape index (κ3) is 5.65. The zero-order valence-corrected chi connectivity index (χ0v) is 21.2. The molecule has 1 fully saturated rings. The van der Waals surface area contributed by atoms with Crippen molar-refractivity contribution in [2.75, 3.05) is 32.8 Å². The van der Waals surface area contributed by atoms with Crippen LogP contribution in [0.1, 0.15) is 39.1 Å². The zero-order valence-electron chi connectivity index (χ0n) is 21.2. The van der Waals surface area contributed by atoms with Crippen LogP contribution in [0, 0.1) is 6.92 Å². The first-order valence-corrected chi connectivity index (χ1v) is 12.1. The Bertz CT molecular complexity index is 1270. The van der Waals surface area contributed by atoms with Gasteiger partial charge in [0.05, 0.1) is 29.7 Å². The smallest absolute Gasteiger partial charge is 0.410 e. The maximum absolute atomic E-state index is 13.8. The van der Waals surface area contributed by atoms with Gasteiger partial charge < -0.3 is 14.4 Å². The molecule has 2 aromatic carbocycles. The average molecular weight is 479 g/mol. The van der Waals surface area contributed by atoms with Gasteiger partial charge in [-0.2, -0.15) is 0 Å². The molecule has 0 bridgehead atoms. The molecule has 0 N–H and O–H groups in total. The Labute approximate surface area is 206 Å². The number of para-hydroxylation sites is 2. The Balaban J connectivity index is 1.67. The van der Waals surface area contributed by atoms with Crippen LogP contribution in [0.2, 0.25) is 0 Å². The number of hydrogen-bond donors (Lipinski definition) is 0. The molecule has 1 saturated heterocycles. The van der Waals surface area contributed by atoms with Gasteiger partial charge in [0.25, 0.3) is 5.56 Å². The van der Waals surface area contributed by atoms with E-state index < -0.39 is 5.60 Å². The maximum Gasteiger partial charge on any atom is 0.410 e. The Kier molecular flexibility index (Phi) is 7.12. The van der Waals surface area contributed by atoms with E-state index in [1.165, 1.54) is 0 Å². The third-order valence-electron chi connectivity index (χ3n) is 5.89. The van der Waals surface area contributed by atoms with Crippen molar-refractivity contribution >= 4 is 17.0 Å². The predicted octanol–water partition coefficient (Wildman–Crippen LogP) is 4.15. The van der Waals surface area contributed by atoms with Crippen LogP contribution in [0.4, 0.5) is 4.79 Å². The van der Waals surface area contributed by atoms with Crippen LogP contribution in [0.15, 0.2) is 47.3 Å². The van der Waals surface area contributed by atoms with Crippen molar-refractivity contribution in [3.63, 3.8) is 0 Å². The standard InChI is InChI=1S/C27H34N4O4/c1-6-34-23-10-8-7-9-22(23)31-24(28-21-12-11-19(2)17-20(21)25(31)32)18-29-13-15-30(16-14-29)26(33)35-27(3,4)5/h7-12,17H,6,13-16,18H2,1-5H3. The van der Waals surface area contributed by atoms with Gasteiger partial charge in [-0.3, -0.25) is 14.3 Å². The Morgan fingerprint density at radius 1 is 1.06 bits per heavy atom. The Morgan fingerprint density at radius 3 is 2.46 bits per heavy atom. The van der Waals surface area contributed by atoms with Crippen LogP contribution in [0.3, 0.4) is 0 Å². The summed E-state index contributed by atoms with van der Waals surface area (Å²) in [5, 5.41) is 0.579. The highest BCUT2D eigenvalue weighted by Crippen LogP contribution is 2.24. The van der Waals surface area contributed by atoms with Crippen molar-refractivity contribution in [2.24, 2.45) is 0 Å². The van der Waals surface area contributed by atoms with E-state index in [4.69, 9.17) is 14.5 Å². The largest absolute Gasteiger partial charge is 0.492 e. The molecular formula is C27H34N4O4. The lowest BCUT2D eigenvalue weighted by Gasteiger charge is -2.35. The van der Waals surface area contributed by atoms with Gasteiger partial charge in [0.15, 0.2) is 0 Å². The number of fused-ring (bicyclic) bond motifs is 1. The normalized spacial score (nSPS) is 14.8. The highest BCUT2D eigenvalue weighted by molar-refractivity contribution is 5.79. The molecule has 186 valence electrons. The second-order valence-corrected chi connectivity index (χ2v) is 9.83. The molecule has 0 saturated carbocycles.